The number of carbonyl (C=O) groups is 1. The van der Waals surface area contributed by atoms with Crippen molar-refractivity contribution in [3.63, 3.8) is 0 Å². The molecule has 23 heavy (non-hydrogen) atoms. The fraction of sp³-hybridized carbons (Fsp3) is 0.350. The van der Waals surface area contributed by atoms with Crippen LogP contribution in [-0.2, 0) is 11.2 Å². The van der Waals surface area contributed by atoms with Crippen molar-refractivity contribution in [2.45, 2.75) is 25.8 Å². The lowest BCUT2D eigenvalue weighted by Gasteiger charge is -2.23. The Kier molecular flexibility index (Phi) is 6.36. The Morgan fingerprint density at radius 2 is 1.70 bits per heavy atom. The van der Waals surface area contributed by atoms with Gasteiger partial charge in [-0.05, 0) is 38.6 Å². The highest BCUT2D eigenvalue weighted by atomic mass is 16.1. The first-order valence-electron chi connectivity index (χ1n) is 8.09. The number of nitrogens with one attached hydrogen (secondary N) is 1. The third-order valence-electron chi connectivity index (χ3n) is 3.85. The molecule has 0 bridgehead atoms. The van der Waals surface area contributed by atoms with Crippen LogP contribution in [-0.4, -0.2) is 31.4 Å². The van der Waals surface area contributed by atoms with E-state index in [1.54, 1.807) is 0 Å². The molecule has 1 N–H and O–H groups in total. The molecule has 0 heterocycles. The van der Waals surface area contributed by atoms with Gasteiger partial charge in [0.05, 0.1) is 6.04 Å². The molecule has 1 atom stereocenters. The van der Waals surface area contributed by atoms with Gasteiger partial charge >= 0.3 is 0 Å². The van der Waals surface area contributed by atoms with Crippen molar-refractivity contribution >= 4 is 5.91 Å². The Balaban J connectivity index is 1.93. The molecule has 0 radical (unpaired) electrons. The Morgan fingerprint density at radius 3 is 2.30 bits per heavy atom. The maximum Gasteiger partial charge on any atom is 0.220 e. The maximum atomic E-state index is 12.3. The van der Waals surface area contributed by atoms with Gasteiger partial charge in [-0.2, -0.15) is 0 Å². The van der Waals surface area contributed by atoms with Gasteiger partial charge in [0, 0.05) is 13.0 Å². The van der Waals surface area contributed by atoms with E-state index in [1.807, 2.05) is 32.3 Å². The zero-order chi connectivity index (χ0) is 16.7. The van der Waals surface area contributed by atoms with E-state index in [0.717, 1.165) is 18.5 Å². The first-order valence-corrected chi connectivity index (χ1v) is 8.09. The van der Waals surface area contributed by atoms with Crippen LogP contribution in [0.4, 0.5) is 0 Å². The predicted octanol–water partition coefficient (Wildman–Crippen LogP) is 3.35. The van der Waals surface area contributed by atoms with Crippen molar-refractivity contribution in [3.8, 4) is 0 Å². The second kappa shape index (κ2) is 8.49. The number of amides is 1. The summed E-state index contributed by atoms with van der Waals surface area (Å²) in [5.74, 6) is 0.0984. The van der Waals surface area contributed by atoms with Crippen LogP contribution in [0.3, 0.4) is 0 Å². The summed E-state index contributed by atoms with van der Waals surface area (Å²) < 4.78 is 0. The van der Waals surface area contributed by atoms with Crippen molar-refractivity contribution < 1.29 is 4.79 Å². The highest BCUT2D eigenvalue weighted by Crippen LogP contribution is 2.14. The first kappa shape index (κ1) is 17.2. The van der Waals surface area contributed by atoms with Crippen molar-refractivity contribution in [1.82, 2.24) is 10.2 Å². The van der Waals surface area contributed by atoms with Gasteiger partial charge in [-0.25, -0.2) is 0 Å². The molecule has 2 rings (SSSR count). The second-order valence-corrected chi connectivity index (χ2v) is 6.28. The zero-order valence-corrected chi connectivity index (χ0v) is 14.3. The monoisotopic (exact) mass is 310 g/mol. The largest absolute Gasteiger partial charge is 0.348 e. The minimum absolute atomic E-state index is 0.0247. The van der Waals surface area contributed by atoms with Crippen molar-refractivity contribution in [2.24, 2.45) is 0 Å². The summed E-state index contributed by atoms with van der Waals surface area (Å²) in [4.78, 5) is 14.4. The molecule has 3 nitrogen and oxygen atoms in total. The van der Waals surface area contributed by atoms with Crippen molar-refractivity contribution in [1.29, 1.82) is 0 Å². The van der Waals surface area contributed by atoms with Crippen LogP contribution in [0, 0.1) is 6.92 Å². The predicted molar refractivity (Wildman–Crippen MR) is 95.4 cm³/mol. The second-order valence-electron chi connectivity index (χ2n) is 6.28. The average Bonchev–Trinajstić information content (AvgIpc) is 2.54. The van der Waals surface area contributed by atoms with Crippen LogP contribution < -0.4 is 5.32 Å². The summed E-state index contributed by atoms with van der Waals surface area (Å²) in [6.45, 7) is 2.86. The van der Waals surface area contributed by atoms with Gasteiger partial charge in [-0.15, -0.1) is 0 Å². The quantitative estimate of drug-likeness (QED) is 0.850. The Morgan fingerprint density at radius 1 is 1.04 bits per heavy atom. The summed E-state index contributed by atoms with van der Waals surface area (Å²) in [5.41, 5.74) is 3.59. The van der Waals surface area contributed by atoms with Crippen LogP contribution in [0.2, 0.25) is 0 Å². The summed E-state index contributed by atoms with van der Waals surface area (Å²) in [6, 6.07) is 18.5. The van der Waals surface area contributed by atoms with Gasteiger partial charge in [0.15, 0.2) is 0 Å². The molecule has 0 aliphatic rings. The molecule has 0 fully saturated rings. The van der Waals surface area contributed by atoms with Crippen LogP contribution >= 0.6 is 0 Å². The van der Waals surface area contributed by atoms with E-state index in [1.165, 1.54) is 11.1 Å². The Labute approximate surface area is 139 Å². The Bertz CT molecular complexity index is 605. The molecule has 122 valence electrons. The molecule has 0 aromatic heterocycles. The topological polar surface area (TPSA) is 32.3 Å². The molecule has 0 aliphatic heterocycles. The lowest BCUT2D eigenvalue weighted by Crippen LogP contribution is -2.35. The van der Waals surface area contributed by atoms with Gasteiger partial charge in [0.1, 0.15) is 0 Å². The molecule has 0 spiro atoms. The number of likely N-dealkylation sites (N-methyl/N-ethyl adjacent to an activating group) is 1. The summed E-state index contributed by atoms with van der Waals surface area (Å²) in [6.07, 6.45) is 1.29. The van der Waals surface area contributed by atoms with Crippen LogP contribution in [0.15, 0.2) is 54.6 Å². The fourth-order valence-electron chi connectivity index (χ4n) is 2.56. The minimum atomic E-state index is 0.0247. The van der Waals surface area contributed by atoms with E-state index in [2.05, 4.69) is 53.5 Å². The lowest BCUT2D eigenvalue weighted by atomic mass is 10.0. The molecule has 0 aliphatic carbocycles. The van der Waals surface area contributed by atoms with E-state index in [-0.39, 0.29) is 11.9 Å². The smallest absolute Gasteiger partial charge is 0.220 e. The van der Waals surface area contributed by atoms with E-state index in [0.29, 0.717) is 6.42 Å². The lowest BCUT2D eigenvalue weighted by molar-refractivity contribution is -0.121. The molecule has 1 amide bonds. The van der Waals surface area contributed by atoms with Gasteiger partial charge < -0.3 is 10.2 Å². The number of rotatable bonds is 7. The highest BCUT2D eigenvalue weighted by Gasteiger charge is 2.15. The maximum absolute atomic E-state index is 12.3. The van der Waals surface area contributed by atoms with Crippen LogP contribution in [0.1, 0.15) is 29.2 Å². The fourth-order valence-corrected chi connectivity index (χ4v) is 2.56. The third-order valence-corrected chi connectivity index (χ3v) is 3.85. The minimum Gasteiger partial charge on any atom is -0.348 e. The summed E-state index contributed by atoms with van der Waals surface area (Å²) in [5, 5.41) is 3.17. The molecular weight excluding hydrogens is 284 g/mol. The molecular formula is C20H26N2O. The molecule has 0 saturated carbocycles. The number of benzene rings is 2. The highest BCUT2D eigenvalue weighted by molar-refractivity contribution is 5.76. The van der Waals surface area contributed by atoms with Crippen molar-refractivity contribution in [3.05, 3.63) is 71.3 Å². The first-order chi connectivity index (χ1) is 11.0. The average molecular weight is 310 g/mol. The Hall–Kier alpha value is -2.13. The van der Waals surface area contributed by atoms with E-state index in [4.69, 9.17) is 0 Å². The molecule has 2 aromatic rings. The standard InChI is InChI=1S/C20H26N2O/c1-16-9-11-17(12-10-16)13-14-20(23)21-19(15-22(2)3)18-7-5-4-6-8-18/h4-12,19H,13-15H2,1-3H3,(H,21,23). The molecule has 1 unspecified atom stereocenters. The number of aryl methyl sites for hydroxylation is 2. The number of nitrogens with zero attached hydrogens (tertiary/aromatic N) is 1. The van der Waals surface area contributed by atoms with E-state index in [9.17, 15) is 4.79 Å². The van der Waals surface area contributed by atoms with Crippen LogP contribution in [0.25, 0.3) is 0 Å². The normalized spacial score (nSPS) is 12.2. The van der Waals surface area contributed by atoms with Crippen molar-refractivity contribution in [2.75, 3.05) is 20.6 Å². The number of carbonyl (C=O) groups excluding carboxylic acids is 1. The summed E-state index contributed by atoms with van der Waals surface area (Å²) in [7, 11) is 4.04. The summed E-state index contributed by atoms with van der Waals surface area (Å²) >= 11 is 0. The molecule has 3 heteroatoms. The molecule has 2 aromatic carbocycles. The van der Waals surface area contributed by atoms with E-state index < -0.39 is 0 Å². The number of hydrogen-bond acceptors (Lipinski definition) is 2. The van der Waals surface area contributed by atoms with E-state index >= 15 is 0 Å². The van der Waals surface area contributed by atoms with Crippen LogP contribution in [0.5, 0.6) is 0 Å². The van der Waals surface area contributed by atoms with Gasteiger partial charge in [-0.1, -0.05) is 60.2 Å². The van der Waals surface area contributed by atoms with Gasteiger partial charge in [0.25, 0.3) is 0 Å². The van der Waals surface area contributed by atoms with Gasteiger partial charge in [0.2, 0.25) is 5.91 Å². The number of hydrogen-bond donors (Lipinski definition) is 1. The third kappa shape index (κ3) is 5.87. The SMILES string of the molecule is Cc1ccc(CCC(=O)NC(CN(C)C)c2ccccc2)cc1. The van der Waals surface area contributed by atoms with Gasteiger partial charge in [-0.3, -0.25) is 4.79 Å². The molecule has 0 saturated heterocycles. The zero-order valence-electron chi connectivity index (χ0n) is 14.3.